The molecule has 8 heteroatoms. The van der Waals surface area contributed by atoms with Crippen molar-refractivity contribution in [3.05, 3.63) is 32.6 Å². The standard InChI is InChI=1S/C11H12N2O6/c1-2-5-3-13(11(18)12-9(5)17)10-8(16)7(15)6(4-14)19-10/h1,3,6-8,10,14-16H,4H2,(H,12,17,18)/t6-,7-,8+,10-/m1/s1. The third kappa shape index (κ3) is 2.20. The molecule has 0 bridgehead atoms. The second-order valence-electron chi connectivity index (χ2n) is 4.08. The van der Waals surface area contributed by atoms with Gasteiger partial charge in [0.15, 0.2) is 6.23 Å². The van der Waals surface area contributed by atoms with Crippen molar-refractivity contribution in [3.63, 3.8) is 0 Å². The highest BCUT2D eigenvalue weighted by Gasteiger charge is 2.43. The molecule has 1 fully saturated rings. The van der Waals surface area contributed by atoms with Crippen LogP contribution in [0.3, 0.4) is 0 Å². The van der Waals surface area contributed by atoms with Crippen molar-refractivity contribution in [2.75, 3.05) is 6.61 Å². The van der Waals surface area contributed by atoms with Gasteiger partial charge in [-0.2, -0.15) is 0 Å². The van der Waals surface area contributed by atoms with Crippen molar-refractivity contribution in [2.24, 2.45) is 0 Å². The monoisotopic (exact) mass is 268 g/mol. The number of aromatic amines is 1. The summed E-state index contributed by atoms with van der Waals surface area (Å²) in [6.07, 6.45) is 1.14. The van der Waals surface area contributed by atoms with Gasteiger partial charge in [0.2, 0.25) is 0 Å². The molecular formula is C11H12N2O6. The molecule has 0 saturated carbocycles. The maximum Gasteiger partial charge on any atom is 0.330 e. The molecule has 0 spiro atoms. The predicted molar refractivity (Wildman–Crippen MR) is 62.3 cm³/mol. The third-order valence-corrected chi connectivity index (χ3v) is 2.91. The van der Waals surface area contributed by atoms with Crippen molar-refractivity contribution in [3.8, 4) is 12.3 Å². The number of hydrogen-bond donors (Lipinski definition) is 4. The highest BCUT2D eigenvalue weighted by molar-refractivity contribution is 5.26. The molecule has 8 nitrogen and oxygen atoms in total. The summed E-state index contributed by atoms with van der Waals surface area (Å²) in [6, 6.07) is 0. The summed E-state index contributed by atoms with van der Waals surface area (Å²) in [5.74, 6) is 2.09. The van der Waals surface area contributed by atoms with E-state index in [-0.39, 0.29) is 5.56 Å². The number of nitrogens with zero attached hydrogens (tertiary/aromatic N) is 1. The number of terminal acetylenes is 1. The van der Waals surface area contributed by atoms with Crippen molar-refractivity contribution >= 4 is 0 Å². The number of aromatic nitrogens is 2. The van der Waals surface area contributed by atoms with Crippen molar-refractivity contribution in [1.29, 1.82) is 0 Å². The lowest BCUT2D eigenvalue weighted by Gasteiger charge is -2.17. The number of aliphatic hydroxyl groups excluding tert-OH is 3. The molecular weight excluding hydrogens is 256 g/mol. The third-order valence-electron chi connectivity index (χ3n) is 2.91. The lowest BCUT2D eigenvalue weighted by atomic mass is 10.1. The van der Waals surface area contributed by atoms with Gasteiger partial charge in [-0.25, -0.2) is 4.79 Å². The van der Waals surface area contributed by atoms with E-state index < -0.39 is 42.4 Å². The molecule has 102 valence electrons. The quantitative estimate of drug-likeness (QED) is 0.427. The number of nitrogens with one attached hydrogen (secondary N) is 1. The lowest BCUT2D eigenvalue weighted by Crippen LogP contribution is -2.38. The Hall–Kier alpha value is -1.92. The minimum atomic E-state index is -1.42. The van der Waals surface area contributed by atoms with Crippen molar-refractivity contribution in [1.82, 2.24) is 9.55 Å². The minimum Gasteiger partial charge on any atom is -0.394 e. The summed E-state index contributed by atoms with van der Waals surface area (Å²) >= 11 is 0. The van der Waals surface area contributed by atoms with E-state index in [0.29, 0.717) is 0 Å². The maximum absolute atomic E-state index is 11.6. The molecule has 19 heavy (non-hydrogen) atoms. The molecule has 2 heterocycles. The van der Waals surface area contributed by atoms with Gasteiger partial charge in [0.25, 0.3) is 5.56 Å². The van der Waals surface area contributed by atoms with Crippen molar-refractivity contribution in [2.45, 2.75) is 24.5 Å². The Bertz CT molecular complexity index is 627. The fourth-order valence-electron chi connectivity index (χ4n) is 1.89. The Balaban J connectivity index is 2.46. The van der Waals surface area contributed by atoms with E-state index in [0.717, 1.165) is 10.8 Å². The van der Waals surface area contributed by atoms with Crippen LogP contribution in [0.15, 0.2) is 15.8 Å². The first kappa shape index (κ1) is 13.5. The van der Waals surface area contributed by atoms with Gasteiger partial charge < -0.3 is 20.1 Å². The first-order valence-corrected chi connectivity index (χ1v) is 5.44. The van der Waals surface area contributed by atoms with Gasteiger partial charge in [-0.3, -0.25) is 14.3 Å². The molecule has 4 N–H and O–H groups in total. The van der Waals surface area contributed by atoms with Crippen LogP contribution in [0.1, 0.15) is 11.8 Å². The lowest BCUT2D eigenvalue weighted by molar-refractivity contribution is -0.0550. The molecule has 1 aliphatic heterocycles. The van der Waals surface area contributed by atoms with Crippen LogP contribution in [0.25, 0.3) is 0 Å². The molecule has 1 aliphatic rings. The SMILES string of the molecule is C#Cc1cn([C@@H]2O[C@H](CO)[C@@H](O)[C@@H]2O)c(=O)[nH]c1=O. The van der Waals surface area contributed by atoms with Crippen LogP contribution in [-0.2, 0) is 4.74 Å². The molecule has 0 aromatic carbocycles. The molecule has 1 saturated heterocycles. The van der Waals surface area contributed by atoms with Crippen molar-refractivity contribution < 1.29 is 20.1 Å². The van der Waals surface area contributed by atoms with Crippen LogP contribution in [0, 0.1) is 12.3 Å². The van der Waals surface area contributed by atoms with Crippen LogP contribution in [0.4, 0.5) is 0 Å². The summed E-state index contributed by atoms with van der Waals surface area (Å²) in [7, 11) is 0. The Morgan fingerprint density at radius 1 is 1.42 bits per heavy atom. The van der Waals surface area contributed by atoms with E-state index in [1.807, 2.05) is 4.98 Å². The molecule has 0 radical (unpaired) electrons. The fourth-order valence-corrected chi connectivity index (χ4v) is 1.89. The highest BCUT2D eigenvalue weighted by Crippen LogP contribution is 2.27. The maximum atomic E-state index is 11.6. The van der Waals surface area contributed by atoms with Gasteiger partial charge >= 0.3 is 5.69 Å². The summed E-state index contributed by atoms with van der Waals surface area (Å²) in [6.45, 7) is -0.519. The predicted octanol–water partition coefficient (Wildman–Crippen LogP) is -2.87. The number of aliphatic hydroxyl groups is 3. The molecule has 0 amide bonds. The average Bonchev–Trinajstić information content (AvgIpc) is 2.67. The Morgan fingerprint density at radius 2 is 2.11 bits per heavy atom. The van der Waals surface area contributed by atoms with E-state index in [2.05, 4.69) is 5.92 Å². The van der Waals surface area contributed by atoms with E-state index >= 15 is 0 Å². The van der Waals surface area contributed by atoms with E-state index in [1.165, 1.54) is 0 Å². The zero-order valence-electron chi connectivity index (χ0n) is 9.68. The minimum absolute atomic E-state index is 0.114. The first-order chi connectivity index (χ1) is 8.99. The normalized spacial score (nSPS) is 30.2. The van der Waals surface area contributed by atoms with Crippen LogP contribution in [0.5, 0.6) is 0 Å². The van der Waals surface area contributed by atoms with E-state index in [1.54, 1.807) is 0 Å². The first-order valence-electron chi connectivity index (χ1n) is 5.44. The van der Waals surface area contributed by atoms with Crippen LogP contribution >= 0.6 is 0 Å². The van der Waals surface area contributed by atoms with Crippen LogP contribution in [0.2, 0.25) is 0 Å². The summed E-state index contributed by atoms with van der Waals surface area (Å²) < 4.78 is 6.04. The second-order valence-corrected chi connectivity index (χ2v) is 4.08. The van der Waals surface area contributed by atoms with E-state index in [9.17, 15) is 19.8 Å². The zero-order valence-corrected chi connectivity index (χ0v) is 9.68. The summed E-state index contributed by atoms with van der Waals surface area (Å²) in [4.78, 5) is 24.9. The number of H-pyrrole nitrogens is 1. The van der Waals surface area contributed by atoms with Gasteiger partial charge in [0, 0.05) is 6.20 Å². The summed E-state index contributed by atoms with van der Waals surface area (Å²) in [5.41, 5.74) is -1.67. The molecule has 0 aliphatic carbocycles. The highest BCUT2D eigenvalue weighted by atomic mass is 16.6. The van der Waals surface area contributed by atoms with Gasteiger partial charge in [-0.1, -0.05) is 5.92 Å². The molecule has 1 aromatic rings. The fraction of sp³-hybridized carbons (Fsp3) is 0.455. The zero-order chi connectivity index (χ0) is 14.2. The van der Waals surface area contributed by atoms with Gasteiger partial charge in [-0.15, -0.1) is 6.42 Å². The Morgan fingerprint density at radius 3 is 2.63 bits per heavy atom. The largest absolute Gasteiger partial charge is 0.394 e. The molecule has 0 unspecified atom stereocenters. The smallest absolute Gasteiger partial charge is 0.330 e. The van der Waals surface area contributed by atoms with E-state index in [4.69, 9.17) is 16.3 Å². The van der Waals surface area contributed by atoms with Gasteiger partial charge in [0.05, 0.1) is 6.61 Å². The van der Waals surface area contributed by atoms with Gasteiger partial charge in [-0.05, 0) is 0 Å². The average molecular weight is 268 g/mol. The molecule has 2 rings (SSSR count). The van der Waals surface area contributed by atoms with Crippen LogP contribution < -0.4 is 11.2 Å². The van der Waals surface area contributed by atoms with Gasteiger partial charge in [0.1, 0.15) is 23.9 Å². The number of rotatable bonds is 2. The Labute approximate surface area is 106 Å². The molecule has 4 atom stereocenters. The number of ether oxygens (including phenoxy) is 1. The Kier molecular flexibility index (Phi) is 3.55. The summed E-state index contributed by atoms with van der Waals surface area (Å²) in [5, 5.41) is 28.3. The molecule has 1 aromatic heterocycles. The second kappa shape index (κ2) is 4.99. The topological polar surface area (TPSA) is 125 Å². The number of hydrogen-bond acceptors (Lipinski definition) is 6. The van der Waals surface area contributed by atoms with Crippen LogP contribution in [-0.4, -0.2) is 49.8 Å².